The minimum atomic E-state index is -2.19. The van der Waals surface area contributed by atoms with Crippen molar-refractivity contribution in [1.29, 1.82) is 0 Å². The van der Waals surface area contributed by atoms with Crippen LogP contribution < -0.4 is 0 Å². The number of aliphatic hydroxyl groups is 1. The largest absolute Gasteiger partial charge is 0.376 e. The molecule has 2 radical (unpaired) electrons. The van der Waals surface area contributed by atoms with Gasteiger partial charge in [0.1, 0.15) is 17.3 Å². The van der Waals surface area contributed by atoms with Crippen molar-refractivity contribution in [2.24, 2.45) is 0 Å². The van der Waals surface area contributed by atoms with Crippen LogP contribution in [0.3, 0.4) is 0 Å². The summed E-state index contributed by atoms with van der Waals surface area (Å²) < 4.78 is 28.3. The average molecular weight is 364 g/mol. The van der Waals surface area contributed by atoms with Crippen LogP contribution in [0.5, 0.6) is 0 Å². The quantitative estimate of drug-likeness (QED) is 0.833. The van der Waals surface area contributed by atoms with E-state index < -0.39 is 23.2 Å². The highest BCUT2D eigenvalue weighted by atomic mass is 79.9. The lowest BCUT2D eigenvalue weighted by Gasteiger charge is -2.31. The highest BCUT2D eigenvalue weighted by molar-refractivity contribution is 9.10. The number of amides is 1. The van der Waals surface area contributed by atoms with E-state index in [4.69, 9.17) is 7.85 Å². The minimum Gasteiger partial charge on any atom is -0.376 e. The Balaban J connectivity index is 2.03. The Morgan fingerprint density at radius 3 is 2.59 bits per heavy atom. The summed E-state index contributed by atoms with van der Waals surface area (Å²) in [5, 5.41) is 10.4. The van der Waals surface area contributed by atoms with Gasteiger partial charge in [-0.1, -0.05) is 34.1 Å². The van der Waals surface area contributed by atoms with Crippen molar-refractivity contribution in [2.45, 2.75) is 12.2 Å². The number of carbonyl (C=O) groups is 1. The summed E-state index contributed by atoms with van der Waals surface area (Å²) in [5.41, 5.74) is -2.35. The SMILES string of the molecule is [B]C1(O)c2cccc(F)c2C(=O)N1Cc1ccc(Br)cc1F. The summed E-state index contributed by atoms with van der Waals surface area (Å²) in [5.74, 6) is -2.11. The Bertz CT molecular complexity index is 782. The molecule has 22 heavy (non-hydrogen) atoms. The summed E-state index contributed by atoms with van der Waals surface area (Å²) >= 11 is 3.13. The van der Waals surface area contributed by atoms with Gasteiger partial charge in [0, 0.05) is 15.6 Å². The number of hydrogen-bond acceptors (Lipinski definition) is 2. The topological polar surface area (TPSA) is 40.5 Å². The average Bonchev–Trinajstić information content (AvgIpc) is 2.63. The van der Waals surface area contributed by atoms with Gasteiger partial charge in [-0.2, -0.15) is 0 Å². The monoisotopic (exact) mass is 363 g/mol. The Morgan fingerprint density at radius 1 is 1.23 bits per heavy atom. The first kappa shape index (κ1) is 15.2. The maximum Gasteiger partial charge on any atom is 0.259 e. The third-order valence-electron chi connectivity index (χ3n) is 3.62. The van der Waals surface area contributed by atoms with Gasteiger partial charge in [-0.3, -0.25) is 4.79 Å². The second-order valence-corrected chi connectivity index (χ2v) is 5.93. The first-order valence-electron chi connectivity index (χ1n) is 6.38. The van der Waals surface area contributed by atoms with E-state index in [2.05, 4.69) is 15.9 Å². The van der Waals surface area contributed by atoms with Gasteiger partial charge in [-0.15, -0.1) is 0 Å². The molecule has 0 spiro atoms. The van der Waals surface area contributed by atoms with E-state index in [9.17, 15) is 18.7 Å². The Morgan fingerprint density at radius 2 is 1.95 bits per heavy atom. The number of fused-ring (bicyclic) bond motifs is 1. The fourth-order valence-electron chi connectivity index (χ4n) is 2.50. The molecule has 0 bridgehead atoms. The van der Waals surface area contributed by atoms with E-state index in [1.165, 1.54) is 24.3 Å². The van der Waals surface area contributed by atoms with Crippen LogP contribution in [0.4, 0.5) is 8.78 Å². The molecule has 1 heterocycles. The van der Waals surface area contributed by atoms with E-state index in [1.807, 2.05) is 0 Å². The van der Waals surface area contributed by atoms with Crippen LogP contribution in [-0.2, 0) is 12.2 Å². The third-order valence-corrected chi connectivity index (χ3v) is 4.12. The standard InChI is InChI=1S/C15H9BBrF2NO2/c16-15(22)10-2-1-3-11(18)13(10)14(21)20(15)7-8-4-5-9(17)6-12(8)19/h1-6,22H,7H2. The molecule has 0 saturated carbocycles. The second-order valence-electron chi connectivity index (χ2n) is 5.02. The van der Waals surface area contributed by atoms with Crippen molar-refractivity contribution in [1.82, 2.24) is 4.90 Å². The van der Waals surface area contributed by atoms with Crippen molar-refractivity contribution < 1.29 is 18.7 Å². The first-order valence-corrected chi connectivity index (χ1v) is 7.18. The normalized spacial score (nSPS) is 20.4. The number of hydrogen-bond donors (Lipinski definition) is 1. The maximum atomic E-state index is 13.9. The molecule has 1 atom stereocenters. The number of halogens is 3. The van der Waals surface area contributed by atoms with Crippen LogP contribution in [0, 0.1) is 11.6 Å². The molecule has 2 aromatic rings. The molecule has 1 aliphatic heterocycles. The van der Waals surface area contributed by atoms with Crippen molar-refractivity contribution >= 4 is 29.7 Å². The second kappa shape index (κ2) is 5.17. The summed E-state index contributed by atoms with van der Waals surface area (Å²) in [4.78, 5) is 13.2. The molecule has 1 N–H and O–H groups in total. The number of benzene rings is 2. The van der Waals surface area contributed by atoms with Gasteiger partial charge >= 0.3 is 0 Å². The maximum absolute atomic E-state index is 13.9. The summed E-state index contributed by atoms with van der Waals surface area (Å²) in [6.07, 6.45) is 0. The zero-order valence-electron chi connectivity index (χ0n) is 11.2. The van der Waals surface area contributed by atoms with E-state index in [-0.39, 0.29) is 23.2 Å². The lowest BCUT2D eigenvalue weighted by atomic mass is 9.83. The molecular weight excluding hydrogens is 355 g/mol. The Hall–Kier alpha value is -1.73. The molecule has 0 fully saturated rings. The van der Waals surface area contributed by atoms with Crippen LogP contribution in [0.25, 0.3) is 0 Å². The summed E-state index contributed by atoms with van der Waals surface area (Å²) in [7, 11) is 5.78. The predicted octanol–water partition coefficient (Wildman–Crippen LogP) is 2.65. The summed E-state index contributed by atoms with van der Waals surface area (Å²) in [6.45, 7) is -0.279. The molecule has 110 valence electrons. The molecule has 2 aromatic carbocycles. The minimum absolute atomic E-state index is 0.0324. The van der Waals surface area contributed by atoms with Gasteiger partial charge in [0.05, 0.1) is 12.1 Å². The van der Waals surface area contributed by atoms with Gasteiger partial charge < -0.3 is 10.0 Å². The third kappa shape index (κ3) is 2.25. The van der Waals surface area contributed by atoms with Crippen LogP contribution >= 0.6 is 15.9 Å². The van der Waals surface area contributed by atoms with E-state index in [0.29, 0.717) is 4.47 Å². The van der Waals surface area contributed by atoms with Crippen molar-refractivity contribution in [3.05, 3.63) is 69.2 Å². The Labute approximate surface area is 135 Å². The molecule has 7 heteroatoms. The fraction of sp³-hybridized carbons (Fsp3) is 0.133. The molecule has 1 aliphatic rings. The molecule has 0 saturated heterocycles. The Kier molecular flexibility index (Phi) is 3.57. The van der Waals surface area contributed by atoms with E-state index >= 15 is 0 Å². The number of carbonyl (C=O) groups excluding carboxylic acids is 1. The van der Waals surface area contributed by atoms with Gasteiger partial charge in [0.2, 0.25) is 0 Å². The predicted molar refractivity (Wildman–Crippen MR) is 80.0 cm³/mol. The lowest BCUT2D eigenvalue weighted by molar-refractivity contribution is -0.0204. The van der Waals surface area contributed by atoms with Crippen LogP contribution in [0.1, 0.15) is 21.5 Å². The van der Waals surface area contributed by atoms with Crippen LogP contribution in [0.2, 0.25) is 0 Å². The van der Waals surface area contributed by atoms with Crippen molar-refractivity contribution in [2.75, 3.05) is 0 Å². The van der Waals surface area contributed by atoms with Crippen molar-refractivity contribution in [3.63, 3.8) is 0 Å². The zero-order chi connectivity index (χ0) is 16.1. The number of rotatable bonds is 2. The molecule has 3 nitrogen and oxygen atoms in total. The molecular formula is C15H9BBrF2NO2. The molecule has 0 aromatic heterocycles. The van der Waals surface area contributed by atoms with E-state index in [0.717, 1.165) is 11.0 Å². The molecule has 1 amide bonds. The highest BCUT2D eigenvalue weighted by Gasteiger charge is 2.45. The fourth-order valence-corrected chi connectivity index (χ4v) is 2.83. The zero-order valence-corrected chi connectivity index (χ0v) is 12.8. The summed E-state index contributed by atoms with van der Waals surface area (Å²) in [6, 6.07) is 8.12. The van der Waals surface area contributed by atoms with Crippen LogP contribution in [-0.4, -0.2) is 23.8 Å². The molecule has 0 aliphatic carbocycles. The molecule has 3 rings (SSSR count). The highest BCUT2D eigenvalue weighted by Crippen LogP contribution is 2.37. The number of nitrogens with zero attached hydrogens (tertiary/aromatic N) is 1. The van der Waals surface area contributed by atoms with Gasteiger partial charge in [-0.05, 0) is 18.2 Å². The van der Waals surface area contributed by atoms with Crippen LogP contribution in [0.15, 0.2) is 40.9 Å². The van der Waals surface area contributed by atoms with Crippen molar-refractivity contribution in [3.8, 4) is 0 Å². The van der Waals surface area contributed by atoms with Gasteiger partial charge in [-0.25, -0.2) is 8.78 Å². The lowest BCUT2D eigenvalue weighted by Crippen LogP contribution is -2.43. The molecule has 1 unspecified atom stereocenters. The van der Waals surface area contributed by atoms with Gasteiger partial charge in [0.25, 0.3) is 5.91 Å². The first-order chi connectivity index (χ1) is 10.3. The van der Waals surface area contributed by atoms with Gasteiger partial charge in [0.15, 0.2) is 7.85 Å². The van der Waals surface area contributed by atoms with E-state index in [1.54, 1.807) is 6.07 Å². The smallest absolute Gasteiger partial charge is 0.259 e.